The second-order valence-electron chi connectivity index (χ2n) is 6.77. The van der Waals surface area contributed by atoms with Crippen molar-refractivity contribution in [3.63, 3.8) is 0 Å². The second kappa shape index (κ2) is 10.1. The molecule has 0 saturated heterocycles. The number of aliphatic hydroxyl groups excluding tert-OH is 1. The lowest BCUT2D eigenvalue weighted by Crippen LogP contribution is -2.32. The summed E-state index contributed by atoms with van der Waals surface area (Å²) in [7, 11) is 0. The molecule has 2 N–H and O–H groups in total. The van der Waals surface area contributed by atoms with E-state index >= 15 is 0 Å². The Balaban J connectivity index is 1.45. The summed E-state index contributed by atoms with van der Waals surface area (Å²) < 4.78 is 7.53. The fourth-order valence-corrected chi connectivity index (χ4v) is 3.03. The molecule has 3 atom stereocenters. The Morgan fingerprint density at radius 2 is 1.82 bits per heavy atom. The van der Waals surface area contributed by atoms with Crippen LogP contribution in [0.1, 0.15) is 43.5 Å². The molecule has 1 heterocycles. The molecule has 0 radical (unpaired) electrons. The zero-order chi connectivity index (χ0) is 19.8. The molecule has 3 unspecified atom stereocenters. The van der Waals surface area contributed by atoms with Gasteiger partial charge in [0.2, 0.25) is 0 Å². The first-order valence-electron chi connectivity index (χ1n) is 9.58. The Morgan fingerprint density at radius 3 is 2.46 bits per heavy atom. The Bertz CT molecular complexity index is 809. The number of hydrogen-bond acceptors (Lipinski definition) is 6. The molecule has 0 spiro atoms. The van der Waals surface area contributed by atoms with E-state index in [4.69, 9.17) is 4.74 Å². The highest BCUT2D eigenvalue weighted by Crippen LogP contribution is 2.21. The van der Waals surface area contributed by atoms with Crippen molar-refractivity contribution in [2.45, 2.75) is 38.5 Å². The molecule has 7 heteroatoms. The average Bonchev–Trinajstić information content (AvgIpc) is 3.28. The largest absolute Gasteiger partial charge is 0.389 e. The number of aromatic nitrogens is 4. The lowest BCUT2D eigenvalue weighted by Gasteiger charge is -2.21. The molecule has 28 heavy (non-hydrogen) atoms. The van der Waals surface area contributed by atoms with Crippen LogP contribution in [-0.4, -0.2) is 44.6 Å². The molecule has 1 aromatic heterocycles. The van der Waals surface area contributed by atoms with Gasteiger partial charge in [-0.2, -0.15) is 0 Å². The van der Waals surface area contributed by atoms with Crippen LogP contribution >= 0.6 is 0 Å². The molecule has 0 aliphatic heterocycles. The van der Waals surface area contributed by atoms with E-state index in [9.17, 15) is 5.11 Å². The van der Waals surface area contributed by atoms with Crippen molar-refractivity contribution in [1.29, 1.82) is 0 Å². The SMILES string of the molecule is CCC(OCC(O)CNC(C)c1ccc(-n2cnnn2)cc1)c1ccccc1. The van der Waals surface area contributed by atoms with Gasteiger partial charge in [0.15, 0.2) is 0 Å². The first kappa shape index (κ1) is 20.1. The van der Waals surface area contributed by atoms with Gasteiger partial charge < -0.3 is 15.2 Å². The van der Waals surface area contributed by atoms with Crippen LogP contribution in [0.15, 0.2) is 60.9 Å². The number of ether oxygens (including phenoxy) is 1. The number of aliphatic hydroxyl groups is 1. The summed E-state index contributed by atoms with van der Waals surface area (Å²) in [5.74, 6) is 0. The summed E-state index contributed by atoms with van der Waals surface area (Å²) in [6, 6.07) is 18.2. The Morgan fingerprint density at radius 1 is 1.07 bits per heavy atom. The summed E-state index contributed by atoms with van der Waals surface area (Å²) in [6.07, 6.45) is 1.87. The summed E-state index contributed by atoms with van der Waals surface area (Å²) in [5, 5.41) is 24.8. The van der Waals surface area contributed by atoms with Gasteiger partial charge in [0, 0.05) is 12.6 Å². The molecule has 0 aliphatic rings. The van der Waals surface area contributed by atoms with Crippen LogP contribution in [0, 0.1) is 0 Å². The number of nitrogens with zero attached hydrogens (tertiary/aromatic N) is 4. The molecule has 0 amide bonds. The smallest absolute Gasteiger partial charge is 0.143 e. The summed E-state index contributed by atoms with van der Waals surface area (Å²) in [5.41, 5.74) is 3.17. The minimum Gasteiger partial charge on any atom is -0.389 e. The maximum absolute atomic E-state index is 10.3. The Kier molecular flexibility index (Phi) is 7.25. The number of hydrogen-bond donors (Lipinski definition) is 2. The molecule has 0 saturated carbocycles. The lowest BCUT2D eigenvalue weighted by molar-refractivity contribution is -0.0120. The van der Waals surface area contributed by atoms with Gasteiger partial charge in [-0.3, -0.25) is 0 Å². The molecular formula is C21H27N5O2. The van der Waals surface area contributed by atoms with Gasteiger partial charge in [0.05, 0.1) is 24.5 Å². The van der Waals surface area contributed by atoms with E-state index in [-0.39, 0.29) is 12.1 Å². The quantitative estimate of drug-likeness (QED) is 0.562. The van der Waals surface area contributed by atoms with Crippen molar-refractivity contribution in [3.05, 3.63) is 72.1 Å². The van der Waals surface area contributed by atoms with Crippen molar-refractivity contribution < 1.29 is 9.84 Å². The van der Waals surface area contributed by atoms with Crippen molar-refractivity contribution in [1.82, 2.24) is 25.5 Å². The molecule has 3 rings (SSSR count). The van der Waals surface area contributed by atoms with Crippen molar-refractivity contribution in [2.24, 2.45) is 0 Å². The third-order valence-electron chi connectivity index (χ3n) is 4.70. The Labute approximate surface area is 165 Å². The molecule has 2 aromatic carbocycles. The highest BCUT2D eigenvalue weighted by Gasteiger charge is 2.14. The van der Waals surface area contributed by atoms with E-state index in [1.54, 1.807) is 11.0 Å². The highest BCUT2D eigenvalue weighted by molar-refractivity contribution is 5.34. The highest BCUT2D eigenvalue weighted by atomic mass is 16.5. The maximum Gasteiger partial charge on any atom is 0.143 e. The van der Waals surface area contributed by atoms with Gasteiger partial charge in [-0.05, 0) is 47.0 Å². The van der Waals surface area contributed by atoms with E-state index in [2.05, 4.69) is 46.8 Å². The van der Waals surface area contributed by atoms with Crippen LogP contribution in [0.25, 0.3) is 5.69 Å². The van der Waals surface area contributed by atoms with Crippen LogP contribution in [-0.2, 0) is 4.74 Å². The third kappa shape index (κ3) is 5.45. The predicted octanol–water partition coefficient (Wildman–Crippen LogP) is 2.84. The topological polar surface area (TPSA) is 85.1 Å². The lowest BCUT2D eigenvalue weighted by atomic mass is 10.1. The normalized spacial score (nSPS) is 14.5. The number of rotatable bonds is 10. The molecule has 0 bridgehead atoms. The molecule has 3 aromatic rings. The van der Waals surface area contributed by atoms with Gasteiger partial charge in [-0.1, -0.05) is 49.4 Å². The van der Waals surface area contributed by atoms with Crippen molar-refractivity contribution >= 4 is 0 Å². The first-order chi connectivity index (χ1) is 13.7. The van der Waals surface area contributed by atoms with Gasteiger partial charge in [-0.15, -0.1) is 5.10 Å². The van der Waals surface area contributed by atoms with Crippen LogP contribution in [0.2, 0.25) is 0 Å². The zero-order valence-corrected chi connectivity index (χ0v) is 16.3. The maximum atomic E-state index is 10.3. The third-order valence-corrected chi connectivity index (χ3v) is 4.70. The van der Waals surface area contributed by atoms with Gasteiger partial charge >= 0.3 is 0 Å². The summed E-state index contributed by atoms with van der Waals surface area (Å²) in [6.45, 7) is 4.91. The van der Waals surface area contributed by atoms with Gasteiger partial charge in [-0.25, -0.2) is 4.68 Å². The second-order valence-corrected chi connectivity index (χ2v) is 6.77. The van der Waals surface area contributed by atoms with Crippen LogP contribution in [0.4, 0.5) is 0 Å². The molecular weight excluding hydrogens is 354 g/mol. The van der Waals surface area contributed by atoms with Crippen molar-refractivity contribution in [3.8, 4) is 5.69 Å². The zero-order valence-electron chi connectivity index (χ0n) is 16.3. The fraction of sp³-hybridized carbons (Fsp3) is 0.381. The molecule has 7 nitrogen and oxygen atoms in total. The van der Waals surface area contributed by atoms with Crippen LogP contribution in [0.3, 0.4) is 0 Å². The van der Waals surface area contributed by atoms with Gasteiger partial charge in [0.25, 0.3) is 0 Å². The fourth-order valence-electron chi connectivity index (χ4n) is 3.03. The molecule has 0 fully saturated rings. The monoisotopic (exact) mass is 381 g/mol. The van der Waals surface area contributed by atoms with Crippen LogP contribution < -0.4 is 5.32 Å². The van der Waals surface area contributed by atoms with E-state index in [0.29, 0.717) is 13.2 Å². The number of tetrazole rings is 1. The number of nitrogens with one attached hydrogen (secondary N) is 1. The van der Waals surface area contributed by atoms with E-state index in [1.165, 1.54) is 0 Å². The Hall–Kier alpha value is -2.61. The summed E-state index contributed by atoms with van der Waals surface area (Å²) in [4.78, 5) is 0. The van der Waals surface area contributed by atoms with E-state index in [1.807, 2.05) is 42.5 Å². The summed E-state index contributed by atoms with van der Waals surface area (Å²) >= 11 is 0. The predicted molar refractivity (Wildman–Crippen MR) is 107 cm³/mol. The molecule has 0 aliphatic carbocycles. The van der Waals surface area contributed by atoms with Gasteiger partial charge in [0.1, 0.15) is 6.33 Å². The minimum atomic E-state index is -0.569. The van der Waals surface area contributed by atoms with Crippen molar-refractivity contribution in [2.75, 3.05) is 13.2 Å². The van der Waals surface area contributed by atoms with Crippen LogP contribution in [0.5, 0.6) is 0 Å². The standard InChI is InChI=1S/C21H27N5O2/c1-3-21(18-7-5-4-6-8-18)28-14-20(27)13-22-16(2)17-9-11-19(12-10-17)26-15-23-24-25-26/h4-12,15-16,20-22,27H,3,13-14H2,1-2H3. The van der Waals surface area contributed by atoms with E-state index in [0.717, 1.165) is 23.2 Å². The number of benzene rings is 2. The first-order valence-corrected chi connectivity index (χ1v) is 9.58. The van der Waals surface area contributed by atoms with E-state index < -0.39 is 6.10 Å². The minimum absolute atomic E-state index is 0.00657. The molecule has 148 valence electrons. The average molecular weight is 381 g/mol.